The summed E-state index contributed by atoms with van der Waals surface area (Å²) in [5.74, 6) is -0.112. The predicted octanol–water partition coefficient (Wildman–Crippen LogP) is 1.04. The highest BCUT2D eigenvalue weighted by Gasteiger charge is 2.18. The van der Waals surface area contributed by atoms with Crippen LogP contribution in [0.3, 0.4) is 0 Å². The van der Waals surface area contributed by atoms with Gasteiger partial charge in [0.15, 0.2) is 0 Å². The van der Waals surface area contributed by atoms with Gasteiger partial charge >= 0.3 is 6.09 Å². The van der Waals surface area contributed by atoms with Crippen LogP contribution in [0.2, 0.25) is 0 Å². The van der Waals surface area contributed by atoms with Gasteiger partial charge in [-0.15, -0.1) is 0 Å². The highest BCUT2D eigenvalue weighted by atomic mass is 16.6. The lowest BCUT2D eigenvalue weighted by molar-refractivity contribution is -0.120. The number of carbonyl (C=O) groups excluding carboxylic acids is 2. The van der Waals surface area contributed by atoms with Gasteiger partial charge in [0.05, 0.1) is 0 Å². The number of carbonyl (C=O) groups is 2. The zero-order valence-corrected chi connectivity index (χ0v) is 10.0. The summed E-state index contributed by atoms with van der Waals surface area (Å²) in [6.45, 7) is 7.11. The Bertz CT molecular complexity index is 233. The highest BCUT2D eigenvalue weighted by Crippen LogP contribution is 2.06. The molecule has 0 fully saturated rings. The second kappa shape index (κ2) is 5.58. The maximum absolute atomic E-state index is 11.3. The Morgan fingerprint density at radius 2 is 1.87 bits per heavy atom. The molecule has 0 aliphatic heterocycles. The zero-order valence-electron chi connectivity index (χ0n) is 10.0. The molecule has 0 aromatic rings. The van der Waals surface area contributed by atoms with Crippen molar-refractivity contribution in [3.8, 4) is 0 Å². The van der Waals surface area contributed by atoms with Crippen LogP contribution in [0.1, 0.15) is 34.1 Å². The van der Waals surface area contributed by atoms with Crippen molar-refractivity contribution in [3.63, 3.8) is 0 Å². The molecule has 0 aromatic heterocycles. The van der Waals surface area contributed by atoms with Crippen molar-refractivity contribution in [3.05, 3.63) is 0 Å². The first kappa shape index (κ1) is 13.7. The van der Waals surface area contributed by atoms with Gasteiger partial charge in [0.25, 0.3) is 0 Å². The van der Waals surface area contributed by atoms with Crippen LogP contribution in [0.25, 0.3) is 0 Å². The summed E-state index contributed by atoms with van der Waals surface area (Å²) < 4.78 is 5.04. The molecule has 5 heteroatoms. The van der Waals surface area contributed by atoms with Gasteiger partial charge in [-0.25, -0.2) is 4.79 Å². The van der Waals surface area contributed by atoms with Gasteiger partial charge < -0.3 is 15.4 Å². The van der Waals surface area contributed by atoms with Crippen molar-refractivity contribution in [2.75, 3.05) is 7.05 Å². The lowest BCUT2D eigenvalue weighted by Crippen LogP contribution is -2.39. The van der Waals surface area contributed by atoms with Crippen LogP contribution < -0.4 is 10.6 Å². The summed E-state index contributed by atoms with van der Waals surface area (Å²) in [5.41, 5.74) is -0.517. The molecule has 0 aliphatic carbocycles. The second-order valence-corrected chi connectivity index (χ2v) is 4.42. The minimum absolute atomic E-state index is 0.112. The summed E-state index contributed by atoms with van der Waals surface area (Å²) in [6.07, 6.45) is -0.255. The minimum Gasteiger partial charge on any atom is -0.444 e. The monoisotopic (exact) mass is 216 g/mol. The number of nitrogens with one attached hydrogen (secondary N) is 2. The van der Waals surface area contributed by atoms with Gasteiger partial charge in [-0.3, -0.25) is 4.79 Å². The number of hydrogen-bond acceptors (Lipinski definition) is 3. The van der Waals surface area contributed by atoms with E-state index in [9.17, 15) is 9.59 Å². The molecule has 5 nitrogen and oxygen atoms in total. The van der Waals surface area contributed by atoms with E-state index in [1.54, 1.807) is 34.7 Å². The van der Waals surface area contributed by atoms with Crippen molar-refractivity contribution < 1.29 is 14.3 Å². The largest absolute Gasteiger partial charge is 0.444 e. The molecule has 1 atom stereocenters. The third-order valence-electron chi connectivity index (χ3n) is 1.53. The predicted molar refractivity (Wildman–Crippen MR) is 57.5 cm³/mol. The van der Waals surface area contributed by atoms with Crippen LogP contribution >= 0.6 is 0 Å². The van der Waals surface area contributed by atoms with Gasteiger partial charge in [-0.05, 0) is 27.7 Å². The maximum Gasteiger partial charge on any atom is 0.407 e. The first-order chi connectivity index (χ1) is 6.74. The summed E-state index contributed by atoms with van der Waals surface area (Å²) in [7, 11) is 1.56. The number of amides is 2. The van der Waals surface area contributed by atoms with E-state index < -0.39 is 11.7 Å². The number of rotatable bonds is 3. The van der Waals surface area contributed by atoms with Gasteiger partial charge in [0, 0.05) is 19.5 Å². The molecule has 1 unspecified atom stereocenters. The summed E-state index contributed by atoms with van der Waals surface area (Å²) >= 11 is 0. The van der Waals surface area contributed by atoms with Gasteiger partial charge in [0.1, 0.15) is 5.60 Å². The third-order valence-corrected chi connectivity index (χ3v) is 1.53. The van der Waals surface area contributed by atoms with E-state index in [1.165, 1.54) is 0 Å². The van der Waals surface area contributed by atoms with Crippen molar-refractivity contribution in [2.24, 2.45) is 0 Å². The van der Waals surface area contributed by atoms with Crippen LogP contribution in [0.4, 0.5) is 4.79 Å². The molecule has 0 heterocycles. The van der Waals surface area contributed by atoms with E-state index in [-0.39, 0.29) is 18.4 Å². The van der Waals surface area contributed by atoms with Crippen molar-refractivity contribution in [2.45, 2.75) is 45.8 Å². The van der Waals surface area contributed by atoms with Gasteiger partial charge in [-0.2, -0.15) is 0 Å². The average molecular weight is 216 g/mol. The molecule has 2 N–H and O–H groups in total. The molecule has 0 aromatic carbocycles. The normalized spacial score (nSPS) is 12.9. The van der Waals surface area contributed by atoms with E-state index in [2.05, 4.69) is 10.6 Å². The molecular formula is C10H20N2O3. The van der Waals surface area contributed by atoms with E-state index >= 15 is 0 Å². The lowest BCUT2D eigenvalue weighted by atomic mass is 10.2. The van der Waals surface area contributed by atoms with Gasteiger partial charge in [0.2, 0.25) is 5.91 Å². The summed E-state index contributed by atoms with van der Waals surface area (Å²) in [5, 5.41) is 5.07. The van der Waals surface area contributed by atoms with Crippen molar-refractivity contribution >= 4 is 12.0 Å². The fourth-order valence-corrected chi connectivity index (χ4v) is 0.940. The number of ether oxygens (including phenoxy) is 1. The Kier molecular flexibility index (Phi) is 5.11. The Hall–Kier alpha value is -1.26. The van der Waals surface area contributed by atoms with Crippen LogP contribution in [0.5, 0.6) is 0 Å². The highest BCUT2D eigenvalue weighted by molar-refractivity contribution is 5.77. The smallest absolute Gasteiger partial charge is 0.407 e. The van der Waals surface area contributed by atoms with Crippen LogP contribution in [0, 0.1) is 0 Å². The second-order valence-electron chi connectivity index (χ2n) is 4.42. The molecular weight excluding hydrogens is 196 g/mol. The minimum atomic E-state index is -0.517. The SMILES string of the molecule is CNC(=O)CC(C)NC(=O)OC(C)(C)C. The molecule has 15 heavy (non-hydrogen) atoms. The number of alkyl carbamates (subject to hydrolysis) is 1. The molecule has 0 bridgehead atoms. The Balaban J connectivity index is 3.92. The topological polar surface area (TPSA) is 67.4 Å². The standard InChI is InChI=1S/C10H20N2O3/c1-7(6-8(13)11-5)12-9(14)15-10(2,3)4/h7H,6H2,1-5H3,(H,11,13)(H,12,14). The first-order valence-corrected chi connectivity index (χ1v) is 4.94. The molecule has 0 rings (SSSR count). The van der Waals surface area contributed by atoms with Crippen molar-refractivity contribution in [1.29, 1.82) is 0 Å². The lowest BCUT2D eigenvalue weighted by Gasteiger charge is -2.21. The maximum atomic E-state index is 11.3. The van der Waals surface area contributed by atoms with Crippen molar-refractivity contribution in [1.82, 2.24) is 10.6 Å². The molecule has 0 saturated heterocycles. The van der Waals surface area contributed by atoms with E-state index in [0.717, 1.165) is 0 Å². The fourth-order valence-electron chi connectivity index (χ4n) is 0.940. The molecule has 0 spiro atoms. The number of hydrogen-bond donors (Lipinski definition) is 2. The Morgan fingerprint density at radius 3 is 2.27 bits per heavy atom. The van der Waals surface area contributed by atoms with Crippen LogP contribution in [-0.4, -0.2) is 30.7 Å². The van der Waals surface area contributed by atoms with Crippen LogP contribution in [-0.2, 0) is 9.53 Å². The summed E-state index contributed by atoms with van der Waals surface area (Å²) in [4.78, 5) is 22.3. The van der Waals surface area contributed by atoms with Crippen LogP contribution in [0.15, 0.2) is 0 Å². The molecule has 88 valence electrons. The van der Waals surface area contributed by atoms with Gasteiger partial charge in [-0.1, -0.05) is 0 Å². The molecule has 0 aliphatic rings. The molecule has 2 amide bonds. The fraction of sp³-hybridized carbons (Fsp3) is 0.800. The first-order valence-electron chi connectivity index (χ1n) is 4.94. The third kappa shape index (κ3) is 7.78. The Labute approximate surface area is 90.6 Å². The quantitative estimate of drug-likeness (QED) is 0.740. The van der Waals surface area contributed by atoms with E-state index in [0.29, 0.717) is 0 Å². The summed E-state index contributed by atoms with van der Waals surface area (Å²) in [6, 6.07) is -0.236. The van der Waals surface area contributed by atoms with E-state index in [4.69, 9.17) is 4.74 Å². The van der Waals surface area contributed by atoms with E-state index in [1.807, 2.05) is 0 Å². The Morgan fingerprint density at radius 1 is 1.33 bits per heavy atom. The average Bonchev–Trinajstić information content (AvgIpc) is 1.99. The zero-order chi connectivity index (χ0) is 12.1. The molecule has 0 radical (unpaired) electrons. The molecule has 0 saturated carbocycles.